The lowest BCUT2D eigenvalue weighted by atomic mass is 10.1. The minimum atomic E-state index is -0.404. The molecule has 0 bridgehead atoms. The molecule has 2 aromatic rings. The maximum atomic E-state index is 12.6. The number of nitriles is 1. The number of fused-ring (bicyclic) bond motifs is 1. The van der Waals surface area contributed by atoms with Crippen molar-refractivity contribution in [2.24, 2.45) is 0 Å². The predicted octanol–water partition coefficient (Wildman–Crippen LogP) is 3.24. The van der Waals surface area contributed by atoms with Crippen molar-refractivity contribution in [1.29, 1.82) is 5.26 Å². The van der Waals surface area contributed by atoms with E-state index in [1.165, 1.54) is 0 Å². The monoisotopic (exact) mass is 407 g/mol. The van der Waals surface area contributed by atoms with Crippen molar-refractivity contribution in [2.75, 3.05) is 13.4 Å². The van der Waals surface area contributed by atoms with Crippen molar-refractivity contribution in [3.63, 3.8) is 0 Å². The number of benzene rings is 1. The molecule has 7 heteroatoms. The lowest BCUT2D eigenvalue weighted by Crippen LogP contribution is -2.24. The number of nitrogens with zero attached hydrogens (tertiary/aromatic N) is 2. The van der Waals surface area contributed by atoms with Crippen LogP contribution in [0.25, 0.3) is 6.08 Å². The van der Waals surface area contributed by atoms with E-state index in [2.05, 4.69) is 9.88 Å². The van der Waals surface area contributed by atoms with Crippen LogP contribution in [-0.4, -0.2) is 30.0 Å². The average Bonchev–Trinajstić information content (AvgIpc) is 3.48. The van der Waals surface area contributed by atoms with E-state index in [1.807, 2.05) is 44.2 Å². The van der Waals surface area contributed by atoms with Crippen molar-refractivity contribution < 1.29 is 19.0 Å². The van der Waals surface area contributed by atoms with Gasteiger partial charge in [-0.25, -0.2) is 0 Å². The Balaban J connectivity index is 1.45. The molecule has 0 aliphatic carbocycles. The molecule has 156 valence electrons. The van der Waals surface area contributed by atoms with E-state index in [1.54, 1.807) is 6.08 Å². The highest BCUT2D eigenvalue weighted by atomic mass is 16.7. The molecular weight excluding hydrogens is 382 g/mol. The van der Waals surface area contributed by atoms with Crippen molar-refractivity contribution in [3.05, 3.63) is 52.4 Å². The second kappa shape index (κ2) is 8.64. The third-order valence-corrected chi connectivity index (χ3v) is 5.58. The summed E-state index contributed by atoms with van der Waals surface area (Å²) in [6, 6.07) is 9.54. The van der Waals surface area contributed by atoms with Gasteiger partial charge in [-0.2, -0.15) is 5.26 Å². The summed E-state index contributed by atoms with van der Waals surface area (Å²) in [6.45, 7) is 6.16. The van der Waals surface area contributed by atoms with Gasteiger partial charge in [0.1, 0.15) is 11.6 Å². The molecule has 1 fully saturated rings. The Morgan fingerprint density at radius 2 is 2.13 bits per heavy atom. The number of aryl methyl sites for hydroxylation is 1. The van der Waals surface area contributed by atoms with Crippen LogP contribution in [-0.2, 0) is 22.6 Å². The topological polar surface area (TPSA) is 85.5 Å². The van der Waals surface area contributed by atoms with Crippen molar-refractivity contribution in [1.82, 2.24) is 9.88 Å². The van der Waals surface area contributed by atoms with Crippen LogP contribution in [0.3, 0.4) is 0 Å². The zero-order valence-corrected chi connectivity index (χ0v) is 17.2. The smallest absolute Gasteiger partial charge is 0.262 e. The molecule has 7 nitrogen and oxygen atoms in total. The first-order valence-electron chi connectivity index (χ1n) is 10.1. The Morgan fingerprint density at radius 3 is 2.90 bits per heavy atom. The Hall–Kier alpha value is -3.24. The quantitative estimate of drug-likeness (QED) is 0.587. The molecule has 2 aliphatic heterocycles. The standard InChI is InChI=1S/C23H25N3O4/c1-15-8-18(16(2)26(15)13-20-4-3-7-28-20)10-19(11-24)23(27)25-12-17-5-6-21-22(9-17)30-14-29-21/h5-6,8-10,20H,3-4,7,12-14H2,1-2H3,(H,25,27)/b19-10+/t20-/m0/s1. The van der Waals surface area contributed by atoms with Crippen LogP contribution in [0.4, 0.5) is 0 Å². The van der Waals surface area contributed by atoms with Gasteiger partial charge in [-0.15, -0.1) is 0 Å². The fourth-order valence-electron chi connectivity index (χ4n) is 3.88. The second-order valence-corrected chi connectivity index (χ2v) is 7.61. The Kier molecular flexibility index (Phi) is 5.77. The molecule has 30 heavy (non-hydrogen) atoms. The van der Waals surface area contributed by atoms with Crippen LogP contribution in [0, 0.1) is 25.2 Å². The minimum absolute atomic E-state index is 0.0770. The summed E-state index contributed by atoms with van der Waals surface area (Å²) in [5.74, 6) is 0.955. The Labute approximate surface area is 175 Å². The van der Waals surface area contributed by atoms with E-state index in [-0.39, 0.29) is 18.5 Å². The summed E-state index contributed by atoms with van der Waals surface area (Å²) in [7, 11) is 0. The Bertz CT molecular complexity index is 1030. The fourth-order valence-corrected chi connectivity index (χ4v) is 3.88. The maximum Gasteiger partial charge on any atom is 0.262 e. The van der Waals surface area contributed by atoms with Gasteiger partial charge >= 0.3 is 0 Å². The molecule has 1 aromatic heterocycles. The number of nitrogens with one attached hydrogen (secondary N) is 1. The summed E-state index contributed by atoms with van der Waals surface area (Å²) < 4.78 is 18.6. The van der Waals surface area contributed by atoms with Gasteiger partial charge in [-0.1, -0.05) is 6.07 Å². The first kappa shape index (κ1) is 20.0. The molecule has 1 aromatic carbocycles. The summed E-state index contributed by atoms with van der Waals surface area (Å²) >= 11 is 0. The summed E-state index contributed by atoms with van der Waals surface area (Å²) in [6.07, 6.45) is 4.04. The average molecular weight is 407 g/mol. The molecule has 0 saturated carbocycles. The number of carbonyl (C=O) groups is 1. The number of hydrogen-bond donors (Lipinski definition) is 1. The number of hydrogen-bond acceptors (Lipinski definition) is 5. The number of carbonyl (C=O) groups excluding carboxylic acids is 1. The number of ether oxygens (including phenoxy) is 3. The molecule has 2 aliphatic rings. The van der Waals surface area contributed by atoms with Gasteiger partial charge in [-0.3, -0.25) is 4.79 Å². The minimum Gasteiger partial charge on any atom is -0.454 e. The molecule has 1 amide bonds. The van der Waals surface area contributed by atoms with Gasteiger partial charge in [0.15, 0.2) is 11.5 Å². The van der Waals surface area contributed by atoms with Gasteiger partial charge in [0, 0.05) is 31.1 Å². The van der Waals surface area contributed by atoms with Gasteiger partial charge in [-0.05, 0) is 62.1 Å². The van der Waals surface area contributed by atoms with Crippen LogP contribution in [0.2, 0.25) is 0 Å². The van der Waals surface area contributed by atoms with E-state index in [0.717, 1.165) is 48.5 Å². The van der Waals surface area contributed by atoms with Crippen LogP contribution in [0.15, 0.2) is 29.8 Å². The summed E-state index contributed by atoms with van der Waals surface area (Å²) in [5, 5.41) is 12.3. The van der Waals surface area contributed by atoms with Gasteiger partial charge < -0.3 is 24.1 Å². The largest absolute Gasteiger partial charge is 0.454 e. The summed E-state index contributed by atoms with van der Waals surface area (Å²) in [5.41, 5.74) is 3.94. The molecule has 0 unspecified atom stereocenters. The molecule has 1 saturated heterocycles. The highest BCUT2D eigenvalue weighted by Crippen LogP contribution is 2.32. The SMILES string of the molecule is Cc1cc(/C=C(\C#N)C(=O)NCc2ccc3c(c2)OCO3)c(C)n1C[C@@H]1CCCO1. The second-order valence-electron chi connectivity index (χ2n) is 7.61. The zero-order chi connectivity index (χ0) is 21.1. The fraction of sp³-hybridized carbons (Fsp3) is 0.391. The molecule has 3 heterocycles. The van der Waals surface area contributed by atoms with Gasteiger partial charge in [0.25, 0.3) is 5.91 Å². The molecule has 0 radical (unpaired) electrons. The Morgan fingerprint density at radius 1 is 1.30 bits per heavy atom. The summed E-state index contributed by atoms with van der Waals surface area (Å²) in [4.78, 5) is 12.6. The number of amides is 1. The molecule has 1 N–H and O–H groups in total. The molecule has 1 atom stereocenters. The van der Waals surface area contributed by atoms with Crippen molar-refractivity contribution in [2.45, 2.75) is 45.9 Å². The van der Waals surface area contributed by atoms with E-state index in [0.29, 0.717) is 18.0 Å². The van der Waals surface area contributed by atoms with Crippen molar-refractivity contribution >= 4 is 12.0 Å². The number of rotatable bonds is 6. The predicted molar refractivity (Wildman–Crippen MR) is 111 cm³/mol. The lowest BCUT2D eigenvalue weighted by molar-refractivity contribution is -0.117. The van der Waals surface area contributed by atoms with Crippen LogP contribution >= 0.6 is 0 Å². The van der Waals surface area contributed by atoms with E-state index >= 15 is 0 Å². The highest BCUT2D eigenvalue weighted by Gasteiger charge is 2.19. The highest BCUT2D eigenvalue weighted by molar-refractivity contribution is 6.01. The molecule has 0 spiro atoms. The number of aromatic nitrogens is 1. The zero-order valence-electron chi connectivity index (χ0n) is 17.2. The molecular formula is C23H25N3O4. The maximum absolute atomic E-state index is 12.6. The molecule has 4 rings (SSSR count). The third kappa shape index (κ3) is 4.19. The lowest BCUT2D eigenvalue weighted by Gasteiger charge is -2.14. The van der Waals surface area contributed by atoms with Crippen LogP contribution in [0.5, 0.6) is 11.5 Å². The third-order valence-electron chi connectivity index (χ3n) is 5.58. The van der Waals surface area contributed by atoms with Crippen LogP contribution in [0.1, 0.15) is 35.4 Å². The first-order chi connectivity index (χ1) is 14.5. The van der Waals surface area contributed by atoms with Crippen molar-refractivity contribution in [3.8, 4) is 17.6 Å². The normalized spacial score (nSPS) is 17.8. The van der Waals surface area contributed by atoms with Gasteiger partial charge in [0.05, 0.1) is 6.10 Å². The van der Waals surface area contributed by atoms with E-state index in [4.69, 9.17) is 14.2 Å². The van der Waals surface area contributed by atoms with Gasteiger partial charge in [0.2, 0.25) is 6.79 Å². The van der Waals surface area contributed by atoms with E-state index < -0.39 is 5.91 Å². The first-order valence-corrected chi connectivity index (χ1v) is 10.1. The van der Waals surface area contributed by atoms with Crippen LogP contribution < -0.4 is 14.8 Å². The van der Waals surface area contributed by atoms with E-state index in [9.17, 15) is 10.1 Å².